The van der Waals surface area contributed by atoms with Gasteiger partial charge in [-0.25, -0.2) is 4.39 Å². The van der Waals surface area contributed by atoms with Crippen molar-refractivity contribution in [3.05, 3.63) is 39.6 Å². The lowest BCUT2D eigenvalue weighted by molar-refractivity contribution is 0.624. The number of rotatable bonds is 1. The van der Waals surface area contributed by atoms with Crippen molar-refractivity contribution in [2.24, 2.45) is 0 Å². The summed E-state index contributed by atoms with van der Waals surface area (Å²) in [4.78, 5) is 0. The highest BCUT2D eigenvalue weighted by molar-refractivity contribution is 9.10. The Balaban J connectivity index is 3.40. The molecule has 1 rings (SSSR count). The van der Waals surface area contributed by atoms with Gasteiger partial charge in [0.15, 0.2) is 0 Å². The lowest BCUT2D eigenvalue weighted by Crippen LogP contribution is -1.84. The minimum absolute atomic E-state index is 0.114. The van der Waals surface area contributed by atoms with Crippen LogP contribution in [0.1, 0.15) is 5.56 Å². The molecule has 3 heteroatoms. The maximum Gasteiger partial charge on any atom is 0.150 e. The summed E-state index contributed by atoms with van der Waals surface area (Å²) in [6.45, 7) is 3.47. The topological polar surface area (TPSA) is 0 Å². The molecule has 11 heavy (non-hydrogen) atoms. The summed E-state index contributed by atoms with van der Waals surface area (Å²) in [5, 5.41) is 0.114. The fourth-order valence-corrected chi connectivity index (χ4v) is 1.36. The Morgan fingerprint density at radius 1 is 1.55 bits per heavy atom. The Hall–Kier alpha value is -0.340. The summed E-state index contributed by atoms with van der Waals surface area (Å²) >= 11 is 8.69. The molecular formula is C8H5BrClF. The zero-order valence-corrected chi connectivity index (χ0v) is 7.91. The lowest BCUT2D eigenvalue weighted by Gasteiger charge is -2.00. The summed E-state index contributed by atoms with van der Waals surface area (Å²) in [5.74, 6) is -0.434. The third kappa shape index (κ3) is 1.63. The van der Waals surface area contributed by atoms with Gasteiger partial charge in [0.2, 0.25) is 0 Å². The minimum Gasteiger partial charge on any atom is -0.205 e. The van der Waals surface area contributed by atoms with Gasteiger partial charge in [-0.2, -0.15) is 0 Å². The highest BCUT2D eigenvalue weighted by Gasteiger charge is 2.06. The molecule has 0 nitrogen and oxygen atoms in total. The van der Waals surface area contributed by atoms with E-state index in [4.69, 9.17) is 11.6 Å². The van der Waals surface area contributed by atoms with Gasteiger partial charge >= 0.3 is 0 Å². The highest BCUT2D eigenvalue weighted by atomic mass is 79.9. The van der Waals surface area contributed by atoms with E-state index in [1.165, 1.54) is 12.1 Å². The molecule has 0 aliphatic carbocycles. The van der Waals surface area contributed by atoms with Crippen LogP contribution in [0.2, 0.25) is 5.02 Å². The highest BCUT2D eigenvalue weighted by Crippen LogP contribution is 2.26. The molecule has 0 amide bonds. The largest absolute Gasteiger partial charge is 0.205 e. The predicted molar refractivity (Wildman–Crippen MR) is 49.2 cm³/mol. The van der Waals surface area contributed by atoms with Crippen molar-refractivity contribution in [2.75, 3.05) is 0 Å². The Kier molecular flexibility index (Phi) is 2.68. The summed E-state index contributed by atoms with van der Waals surface area (Å²) in [6.07, 6.45) is 1.42. The molecule has 0 atom stereocenters. The van der Waals surface area contributed by atoms with E-state index in [1.807, 2.05) is 0 Å². The Labute approximate surface area is 77.8 Å². The van der Waals surface area contributed by atoms with Gasteiger partial charge in [0.1, 0.15) is 5.82 Å². The smallest absolute Gasteiger partial charge is 0.150 e. The molecule has 1 aromatic carbocycles. The molecule has 0 spiro atoms. The van der Waals surface area contributed by atoms with Gasteiger partial charge in [-0.15, -0.1) is 0 Å². The molecule has 0 saturated heterocycles. The van der Waals surface area contributed by atoms with E-state index in [2.05, 4.69) is 22.5 Å². The third-order valence-corrected chi connectivity index (χ3v) is 2.27. The molecule has 0 aromatic heterocycles. The van der Waals surface area contributed by atoms with E-state index in [0.29, 0.717) is 10.0 Å². The van der Waals surface area contributed by atoms with Crippen molar-refractivity contribution >= 4 is 33.6 Å². The van der Waals surface area contributed by atoms with Crippen LogP contribution in [0.25, 0.3) is 6.08 Å². The van der Waals surface area contributed by atoms with Gasteiger partial charge in [-0.1, -0.05) is 40.2 Å². The van der Waals surface area contributed by atoms with Crippen LogP contribution in [0.4, 0.5) is 4.39 Å². The van der Waals surface area contributed by atoms with Crippen molar-refractivity contribution in [3.63, 3.8) is 0 Å². The summed E-state index contributed by atoms with van der Waals surface area (Å²) in [7, 11) is 0. The second-order valence-electron chi connectivity index (χ2n) is 1.96. The molecule has 0 saturated carbocycles. The molecular weight excluding hydrogens is 230 g/mol. The molecule has 0 unspecified atom stereocenters. The van der Waals surface area contributed by atoms with Crippen LogP contribution in [0.15, 0.2) is 23.2 Å². The Morgan fingerprint density at radius 3 is 2.64 bits per heavy atom. The van der Waals surface area contributed by atoms with Gasteiger partial charge < -0.3 is 0 Å². The average molecular weight is 235 g/mol. The van der Waals surface area contributed by atoms with Crippen molar-refractivity contribution in [1.82, 2.24) is 0 Å². The molecule has 0 heterocycles. The van der Waals surface area contributed by atoms with E-state index in [9.17, 15) is 4.39 Å². The molecule has 0 N–H and O–H groups in total. The van der Waals surface area contributed by atoms with E-state index in [1.54, 1.807) is 6.07 Å². The predicted octanol–water partition coefficient (Wildman–Crippen LogP) is 3.88. The van der Waals surface area contributed by atoms with Crippen LogP contribution in [-0.2, 0) is 0 Å². The van der Waals surface area contributed by atoms with E-state index in [0.717, 1.165) is 0 Å². The molecule has 58 valence electrons. The van der Waals surface area contributed by atoms with Crippen molar-refractivity contribution < 1.29 is 4.39 Å². The molecule has 1 aromatic rings. The van der Waals surface area contributed by atoms with Crippen LogP contribution in [0, 0.1) is 5.82 Å². The zero-order valence-electron chi connectivity index (χ0n) is 5.57. The molecule has 0 bridgehead atoms. The first-order valence-corrected chi connectivity index (χ1v) is 4.10. The van der Waals surface area contributed by atoms with Crippen molar-refractivity contribution in [3.8, 4) is 0 Å². The Morgan fingerprint density at radius 2 is 2.18 bits per heavy atom. The van der Waals surface area contributed by atoms with Gasteiger partial charge in [0.05, 0.1) is 5.02 Å². The Bertz CT molecular complexity index is 296. The third-order valence-electron chi connectivity index (χ3n) is 1.28. The van der Waals surface area contributed by atoms with Crippen LogP contribution < -0.4 is 0 Å². The van der Waals surface area contributed by atoms with Gasteiger partial charge in [0, 0.05) is 10.0 Å². The van der Waals surface area contributed by atoms with Crippen LogP contribution in [-0.4, -0.2) is 0 Å². The normalized spacial score (nSPS) is 9.73. The fraction of sp³-hybridized carbons (Fsp3) is 0. The van der Waals surface area contributed by atoms with Crippen molar-refractivity contribution in [2.45, 2.75) is 0 Å². The monoisotopic (exact) mass is 234 g/mol. The summed E-state index contributed by atoms with van der Waals surface area (Å²) in [6, 6.07) is 3.18. The minimum atomic E-state index is -0.434. The maximum atomic E-state index is 13.0. The maximum absolute atomic E-state index is 13.0. The number of hydrogen-bond donors (Lipinski definition) is 0. The number of hydrogen-bond acceptors (Lipinski definition) is 0. The van der Waals surface area contributed by atoms with E-state index < -0.39 is 5.82 Å². The zero-order chi connectivity index (χ0) is 8.43. The van der Waals surface area contributed by atoms with E-state index >= 15 is 0 Å². The average Bonchev–Trinajstić information content (AvgIpc) is 1.99. The first kappa shape index (κ1) is 8.75. The van der Waals surface area contributed by atoms with Gasteiger partial charge in [-0.05, 0) is 12.1 Å². The van der Waals surface area contributed by atoms with Gasteiger partial charge in [0.25, 0.3) is 0 Å². The van der Waals surface area contributed by atoms with Crippen molar-refractivity contribution in [1.29, 1.82) is 0 Å². The standard InChI is InChI=1S/C8H5BrClF/c1-2-5-6(9)3-4-7(10)8(5)11/h2-4H,1H2. The lowest BCUT2D eigenvalue weighted by atomic mass is 10.2. The SMILES string of the molecule is C=Cc1c(Br)ccc(Cl)c1F. The number of benzene rings is 1. The van der Waals surface area contributed by atoms with Crippen LogP contribution in [0.3, 0.4) is 0 Å². The summed E-state index contributed by atoms with van der Waals surface area (Å²) in [5.41, 5.74) is 0.400. The number of halogens is 3. The van der Waals surface area contributed by atoms with Crippen LogP contribution in [0.5, 0.6) is 0 Å². The molecule has 0 aliphatic rings. The molecule has 0 fully saturated rings. The first-order valence-electron chi connectivity index (χ1n) is 2.92. The fourth-order valence-electron chi connectivity index (χ4n) is 0.730. The molecule has 0 aliphatic heterocycles. The summed E-state index contributed by atoms with van der Waals surface area (Å²) < 4.78 is 13.7. The second-order valence-corrected chi connectivity index (χ2v) is 3.22. The first-order chi connectivity index (χ1) is 5.16. The molecule has 0 radical (unpaired) electrons. The van der Waals surface area contributed by atoms with E-state index in [-0.39, 0.29) is 5.02 Å². The van der Waals surface area contributed by atoms with Crippen LogP contribution >= 0.6 is 27.5 Å². The second kappa shape index (κ2) is 3.37. The van der Waals surface area contributed by atoms with Gasteiger partial charge in [-0.3, -0.25) is 0 Å². The quantitative estimate of drug-likeness (QED) is 0.648.